The summed E-state index contributed by atoms with van der Waals surface area (Å²) in [7, 11) is 0. The van der Waals surface area contributed by atoms with Crippen LogP contribution in [0.5, 0.6) is 0 Å². The minimum atomic E-state index is 0.171. The number of aromatic amines is 1. The second-order valence-corrected chi connectivity index (χ2v) is 5.03. The number of aliphatic hydroxyl groups excluding tert-OH is 1. The molecular weight excluding hydrogens is 262 g/mol. The molecule has 1 heterocycles. The number of para-hydroxylation sites is 2. The number of hydrogen-bond acceptors (Lipinski definition) is 3. The Hall–Kier alpha value is -2.33. The highest BCUT2D eigenvalue weighted by atomic mass is 16.2. The van der Waals surface area contributed by atoms with Gasteiger partial charge in [-0.3, -0.25) is 5.10 Å². The number of aromatic nitrogens is 2. The third kappa shape index (κ3) is 3.06. The van der Waals surface area contributed by atoms with Crippen LogP contribution in [0.3, 0.4) is 0 Å². The second-order valence-electron chi connectivity index (χ2n) is 5.03. The van der Waals surface area contributed by atoms with Crippen molar-refractivity contribution in [3.05, 3.63) is 59.8 Å². The van der Waals surface area contributed by atoms with Crippen LogP contribution in [0, 0.1) is 0 Å². The average molecular weight is 281 g/mol. The van der Waals surface area contributed by atoms with E-state index in [4.69, 9.17) is 5.11 Å². The molecule has 2 aromatic carbocycles. The molecule has 0 spiro atoms. The maximum absolute atomic E-state index is 9.10. The molecule has 0 radical (unpaired) electrons. The quantitative estimate of drug-likeness (QED) is 0.651. The molecule has 3 N–H and O–H groups in total. The molecular formula is C17H19N3O. The molecule has 3 rings (SSSR count). The summed E-state index contributed by atoms with van der Waals surface area (Å²) in [6.07, 6.45) is 1.56. The highest BCUT2D eigenvalue weighted by molar-refractivity contribution is 5.81. The van der Waals surface area contributed by atoms with Gasteiger partial charge in [-0.2, -0.15) is 5.10 Å². The first kappa shape index (κ1) is 13.6. The van der Waals surface area contributed by atoms with Crippen molar-refractivity contribution in [2.45, 2.75) is 12.8 Å². The Kier molecular flexibility index (Phi) is 4.17. The van der Waals surface area contributed by atoms with Crippen LogP contribution in [-0.2, 0) is 12.8 Å². The van der Waals surface area contributed by atoms with Gasteiger partial charge in [0.05, 0.1) is 5.52 Å². The van der Waals surface area contributed by atoms with Crippen molar-refractivity contribution in [1.29, 1.82) is 0 Å². The van der Waals surface area contributed by atoms with Crippen molar-refractivity contribution in [2.24, 2.45) is 0 Å². The Labute approximate surface area is 123 Å². The summed E-state index contributed by atoms with van der Waals surface area (Å²) in [5.74, 6) is 0. The summed E-state index contributed by atoms with van der Waals surface area (Å²) in [6.45, 7) is 0.999. The normalized spacial score (nSPS) is 10.9. The van der Waals surface area contributed by atoms with E-state index in [0.29, 0.717) is 6.42 Å². The first-order valence-corrected chi connectivity index (χ1v) is 7.23. The number of nitrogens with zero attached hydrogens (tertiary/aromatic N) is 1. The van der Waals surface area contributed by atoms with E-state index in [9.17, 15) is 0 Å². The Morgan fingerprint density at radius 1 is 1.00 bits per heavy atom. The lowest BCUT2D eigenvalue weighted by atomic mass is 10.1. The van der Waals surface area contributed by atoms with Gasteiger partial charge in [-0.1, -0.05) is 36.4 Å². The molecule has 4 heteroatoms. The first-order valence-electron chi connectivity index (χ1n) is 7.23. The van der Waals surface area contributed by atoms with Crippen molar-refractivity contribution in [3.63, 3.8) is 0 Å². The van der Waals surface area contributed by atoms with Gasteiger partial charge in [-0.25, -0.2) is 0 Å². The standard InChI is InChI=1S/C17H19N3O/c21-12-10-13-5-1-3-7-15(13)18-11-9-17-14-6-2-4-8-16(14)19-20-17/h1-8,18,21H,9-12H2,(H,19,20). The lowest BCUT2D eigenvalue weighted by molar-refractivity contribution is 0.300. The van der Waals surface area contributed by atoms with Crippen molar-refractivity contribution in [1.82, 2.24) is 10.2 Å². The molecule has 0 aliphatic carbocycles. The largest absolute Gasteiger partial charge is 0.396 e. The SMILES string of the molecule is OCCc1ccccc1NCCc1[nH]nc2ccccc12. The molecule has 0 saturated carbocycles. The molecule has 0 aliphatic heterocycles. The van der Waals surface area contributed by atoms with E-state index in [1.807, 2.05) is 36.4 Å². The summed E-state index contributed by atoms with van der Waals surface area (Å²) >= 11 is 0. The Bertz CT molecular complexity index is 721. The van der Waals surface area contributed by atoms with Crippen LogP contribution in [-0.4, -0.2) is 28.5 Å². The number of rotatable bonds is 6. The maximum Gasteiger partial charge on any atom is 0.0923 e. The molecule has 0 atom stereocenters. The number of nitrogens with one attached hydrogen (secondary N) is 2. The van der Waals surface area contributed by atoms with Gasteiger partial charge in [0.15, 0.2) is 0 Å². The van der Waals surface area contributed by atoms with E-state index in [0.717, 1.165) is 35.4 Å². The third-order valence-corrected chi connectivity index (χ3v) is 3.63. The van der Waals surface area contributed by atoms with Gasteiger partial charge >= 0.3 is 0 Å². The van der Waals surface area contributed by atoms with E-state index >= 15 is 0 Å². The summed E-state index contributed by atoms with van der Waals surface area (Å²) in [4.78, 5) is 0. The first-order chi connectivity index (χ1) is 10.4. The lowest BCUT2D eigenvalue weighted by Crippen LogP contribution is -2.08. The summed E-state index contributed by atoms with van der Waals surface area (Å²) < 4.78 is 0. The zero-order valence-electron chi connectivity index (χ0n) is 11.8. The fourth-order valence-corrected chi connectivity index (χ4v) is 2.56. The third-order valence-electron chi connectivity index (χ3n) is 3.63. The number of benzene rings is 2. The van der Waals surface area contributed by atoms with Gasteiger partial charge in [-0.05, 0) is 24.1 Å². The van der Waals surface area contributed by atoms with Crippen molar-refractivity contribution in [2.75, 3.05) is 18.5 Å². The summed E-state index contributed by atoms with van der Waals surface area (Å²) in [5, 5.41) is 21.1. The molecule has 0 aliphatic rings. The molecule has 0 fully saturated rings. The fraction of sp³-hybridized carbons (Fsp3) is 0.235. The number of aliphatic hydroxyl groups is 1. The van der Waals surface area contributed by atoms with Crippen LogP contribution in [0.4, 0.5) is 5.69 Å². The summed E-state index contributed by atoms with van der Waals surface area (Å²) in [6, 6.07) is 16.2. The molecule has 21 heavy (non-hydrogen) atoms. The molecule has 0 unspecified atom stereocenters. The van der Waals surface area contributed by atoms with Crippen molar-refractivity contribution in [3.8, 4) is 0 Å². The molecule has 108 valence electrons. The van der Waals surface area contributed by atoms with Gasteiger partial charge in [0, 0.05) is 36.3 Å². The molecule has 0 saturated heterocycles. The van der Waals surface area contributed by atoms with E-state index in [1.165, 1.54) is 5.39 Å². The Balaban J connectivity index is 1.66. The fourth-order valence-electron chi connectivity index (χ4n) is 2.56. The smallest absolute Gasteiger partial charge is 0.0923 e. The van der Waals surface area contributed by atoms with Gasteiger partial charge < -0.3 is 10.4 Å². The number of anilines is 1. The van der Waals surface area contributed by atoms with Gasteiger partial charge in [0.1, 0.15) is 0 Å². The van der Waals surface area contributed by atoms with Crippen LogP contribution in [0.2, 0.25) is 0 Å². The second kappa shape index (κ2) is 6.41. The summed E-state index contributed by atoms with van der Waals surface area (Å²) in [5.41, 5.74) is 4.40. The Morgan fingerprint density at radius 2 is 1.81 bits per heavy atom. The number of fused-ring (bicyclic) bond motifs is 1. The van der Waals surface area contributed by atoms with Crippen LogP contribution in [0.1, 0.15) is 11.3 Å². The zero-order chi connectivity index (χ0) is 14.5. The van der Waals surface area contributed by atoms with E-state index in [2.05, 4.69) is 27.6 Å². The van der Waals surface area contributed by atoms with Crippen LogP contribution < -0.4 is 5.32 Å². The Morgan fingerprint density at radius 3 is 2.71 bits per heavy atom. The minimum Gasteiger partial charge on any atom is -0.396 e. The van der Waals surface area contributed by atoms with Crippen molar-refractivity contribution < 1.29 is 5.11 Å². The maximum atomic E-state index is 9.10. The number of H-pyrrole nitrogens is 1. The average Bonchev–Trinajstić information content (AvgIpc) is 2.93. The molecule has 4 nitrogen and oxygen atoms in total. The minimum absolute atomic E-state index is 0.171. The van der Waals surface area contributed by atoms with Gasteiger partial charge in [0.25, 0.3) is 0 Å². The number of hydrogen-bond donors (Lipinski definition) is 3. The molecule has 3 aromatic rings. The predicted octanol–water partition coefficient (Wildman–Crippen LogP) is 2.75. The molecule has 1 aromatic heterocycles. The highest BCUT2D eigenvalue weighted by Gasteiger charge is 2.05. The molecule has 0 bridgehead atoms. The highest BCUT2D eigenvalue weighted by Crippen LogP contribution is 2.17. The van der Waals surface area contributed by atoms with E-state index < -0.39 is 0 Å². The molecule has 0 amide bonds. The van der Waals surface area contributed by atoms with Crippen LogP contribution in [0.15, 0.2) is 48.5 Å². The topological polar surface area (TPSA) is 60.9 Å². The lowest BCUT2D eigenvalue weighted by Gasteiger charge is -2.10. The zero-order valence-corrected chi connectivity index (χ0v) is 11.8. The van der Waals surface area contributed by atoms with Gasteiger partial charge in [-0.15, -0.1) is 0 Å². The van der Waals surface area contributed by atoms with Crippen LogP contribution >= 0.6 is 0 Å². The predicted molar refractivity (Wildman–Crippen MR) is 85.5 cm³/mol. The van der Waals surface area contributed by atoms with Crippen molar-refractivity contribution >= 4 is 16.6 Å². The van der Waals surface area contributed by atoms with Gasteiger partial charge in [0.2, 0.25) is 0 Å². The van der Waals surface area contributed by atoms with Crippen LogP contribution in [0.25, 0.3) is 10.9 Å². The van der Waals surface area contributed by atoms with E-state index in [-0.39, 0.29) is 6.61 Å². The van der Waals surface area contributed by atoms with E-state index in [1.54, 1.807) is 0 Å². The monoisotopic (exact) mass is 281 g/mol.